The van der Waals surface area contributed by atoms with Crippen LogP contribution in [0.15, 0.2) is 66.0 Å². The topological polar surface area (TPSA) is 67.8 Å². The number of carbonyl (C=O) groups excluding carboxylic acids is 1. The van der Waals surface area contributed by atoms with Crippen molar-refractivity contribution < 1.29 is 14.3 Å². The number of carbonyl (C=O) groups is 1. The van der Waals surface area contributed by atoms with Gasteiger partial charge in [-0.3, -0.25) is 4.79 Å². The van der Waals surface area contributed by atoms with E-state index in [2.05, 4.69) is 20.9 Å². The molecule has 0 N–H and O–H groups in total. The molecule has 1 aliphatic rings. The Morgan fingerprint density at radius 3 is 2.59 bits per heavy atom. The van der Waals surface area contributed by atoms with Crippen molar-refractivity contribution in [3.8, 4) is 17.4 Å². The summed E-state index contributed by atoms with van der Waals surface area (Å²) in [7, 11) is 1.67. The molecule has 0 unspecified atom stereocenters. The highest BCUT2D eigenvalue weighted by Gasteiger charge is 2.22. The Bertz CT molecular complexity index is 1070. The van der Waals surface area contributed by atoms with Crippen LogP contribution in [0.2, 0.25) is 0 Å². The van der Waals surface area contributed by atoms with Crippen LogP contribution in [0.4, 0.5) is 5.69 Å². The number of benzene rings is 2. The Morgan fingerprint density at radius 1 is 1.03 bits per heavy atom. The minimum Gasteiger partial charge on any atom is -0.497 e. The van der Waals surface area contributed by atoms with Gasteiger partial charge in [-0.2, -0.15) is 0 Å². The zero-order valence-electron chi connectivity index (χ0n) is 18.2. The van der Waals surface area contributed by atoms with Crippen LogP contribution in [-0.2, 0) is 4.79 Å². The van der Waals surface area contributed by atoms with E-state index in [1.807, 2.05) is 54.3 Å². The second-order valence-corrected chi connectivity index (χ2v) is 8.36. The maximum atomic E-state index is 12.8. The molecule has 8 heteroatoms. The number of aromatic nitrogens is 2. The minimum absolute atomic E-state index is 0.0905. The highest BCUT2D eigenvalue weighted by molar-refractivity contribution is 8.00. The average molecular weight is 451 g/mol. The van der Waals surface area contributed by atoms with E-state index >= 15 is 0 Å². The van der Waals surface area contributed by atoms with Crippen molar-refractivity contribution in [1.29, 1.82) is 0 Å². The van der Waals surface area contributed by atoms with Crippen molar-refractivity contribution in [2.75, 3.05) is 43.9 Å². The number of aryl methyl sites for hydroxylation is 1. The molecule has 4 rings (SSSR count). The van der Waals surface area contributed by atoms with Gasteiger partial charge in [0.2, 0.25) is 5.91 Å². The number of hydrogen-bond acceptors (Lipinski definition) is 7. The molecule has 3 aromatic rings. The molecular formula is C24H26N4O3S. The number of amides is 1. The fourth-order valence-corrected chi connectivity index (χ4v) is 4.30. The Labute approximate surface area is 192 Å². The largest absolute Gasteiger partial charge is 0.497 e. The maximum absolute atomic E-state index is 12.8. The smallest absolute Gasteiger partial charge is 0.252 e. The van der Waals surface area contributed by atoms with Crippen LogP contribution in [0.3, 0.4) is 0 Å². The van der Waals surface area contributed by atoms with Gasteiger partial charge in [0, 0.05) is 50.3 Å². The number of rotatable bonds is 7. The summed E-state index contributed by atoms with van der Waals surface area (Å²) in [5, 5.41) is 0.610. The third kappa shape index (κ3) is 5.31. The highest BCUT2D eigenvalue weighted by atomic mass is 32.2. The molecule has 0 atom stereocenters. The van der Waals surface area contributed by atoms with Crippen LogP contribution >= 0.6 is 11.8 Å². The molecule has 1 saturated heterocycles. The average Bonchev–Trinajstić information content (AvgIpc) is 2.85. The van der Waals surface area contributed by atoms with Crippen LogP contribution in [0.1, 0.15) is 5.56 Å². The summed E-state index contributed by atoms with van der Waals surface area (Å²) in [5.74, 6) is 2.37. The molecule has 1 fully saturated rings. The van der Waals surface area contributed by atoms with Crippen molar-refractivity contribution in [3.05, 3.63) is 66.5 Å². The number of ether oxygens (including phenoxy) is 2. The van der Waals surface area contributed by atoms with E-state index in [4.69, 9.17) is 9.47 Å². The van der Waals surface area contributed by atoms with Crippen molar-refractivity contribution in [2.24, 2.45) is 0 Å². The Morgan fingerprint density at radius 2 is 1.81 bits per heavy atom. The number of nitrogens with zero attached hydrogens (tertiary/aromatic N) is 4. The summed E-state index contributed by atoms with van der Waals surface area (Å²) in [6.45, 7) is 4.92. The van der Waals surface area contributed by atoms with Gasteiger partial charge >= 0.3 is 0 Å². The van der Waals surface area contributed by atoms with E-state index in [-0.39, 0.29) is 5.91 Å². The molecule has 0 saturated carbocycles. The Hall–Kier alpha value is -3.26. The maximum Gasteiger partial charge on any atom is 0.252 e. The molecule has 166 valence electrons. The lowest BCUT2D eigenvalue weighted by Gasteiger charge is -2.36. The number of methoxy groups -OCH3 is 1. The predicted molar refractivity (Wildman–Crippen MR) is 126 cm³/mol. The molecular weight excluding hydrogens is 424 g/mol. The van der Waals surface area contributed by atoms with E-state index in [9.17, 15) is 4.79 Å². The number of hydrogen-bond donors (Lipinski definition) is 0. The Balaban J connectivity index is 1.32. The third-order valence-corrected chi connectivity index (χ3v) is 6.26. The lowest BCUT2D eigenvalue weighted by molar-refractivity contribution is -0.128. The monoisotopic (exact) mass is 450 g/mol. The zero-order chi connectivity index (χ0) is 22.3. The predicted octanol–water partition coefficient (Wildman–Crippen LogP) is 4.03. The van der Waals surface area contributed by atoms with Gasteiger partial charge in [0.25, 0.3) is 5.88 Å². The second kappa shape index (κ2) is 10.4. The van der Waals surface area contributed by atoms with Gasteiger partial charge in [-0.05, 0) is 30.7 Å². The summed E-state index contributed by atoms with van der Waals surface area (Å²) in [4.78, 5) is 25.7. The lowest BCUT2D eigenvalue weighted by Crippen LogP contribution is -2.49. The highest BCUT2D eigenvalue weighted by Crippen LogP contribution is 2.30. The summed E-state index contributed by atoms with van der Waals surface area (Å²) < 4.78 is 11.3. The number of para-hydroxylation sites is 1. The van der Waals surface area contributed by atoms with Gasteiger partial charge in [0.05, 0.1) is 12.9 Å². The van der Waals surface area contributed by atoms with Crippen LogP contribution in [0.5, 0.6) is 17.4 Å². The first-order valence-electron chi connectivity index (χ1n) is 10.5. The first-order valence-corrected chi connectivity index (χ1v) is 11.5. The van der Waals surface area contributed by atoms with E-state index < -0.39 is 0 Å². The van der Waals surface area contributed by atoms with Crippen molar-refractivity contribution in [3.63, 3.8) is 0 Å². The molecule has 2 heterocycles. The summed E-state index contributed by atoms with van der Waals surface area (Å²) >= 11 is 1.36. The molecule has 32 heavy (non-hydrogen) atoms. The normalized spacial score (nSPS) is 13.7. The van der Waals surface area contributed by atoms with Crippen LogP contribution in [0.25, 0.3) is 0 Å². The van der Waals surface area contributed by atoms with Gasteiger partial charge in [0.15, 0.2) is 5.03 Å². The van der Waals surface area contributed by atoms with Crippen LogP contribution in [-0.4, -0.2) is 59.8 Å². The molecule has 7 nitrogen and oxygen atoms in total. The summed E-state index contributed by atoms with van der Waals surface area (Å²) in [5.41, 5.74) is 2.13. The Kier molecular flexibility index (Phi) is 7.11. The quantitative estimate of drug-likeness (QED) is 0.504. The standard InChI is InChI=1S/C24H26N4O3S/c1-18-6-3-4-9-21(18)31-23-24(26-11-10-25-23)32-17-22(29)28-14-12-27(13-15-28)19-7-5-8-20(16-19)30-2/h3-11,16H,12-15,17H2,1-2H3. The van der Waals surface area contributed by atoms with Crippen molar-refractivity contribution in [2.45, 2.75) is 11.9 Å². The van der Waals surface area contributed by atoms with E-state index in [0.717, 1.165) is 35.8 Å². The molecule has 0 bridgehead atoms. The van der Waals surface area contributed by atoms with Crippen LogP contribution in [0, 0.1) is 6.92 Å². The SMILES string of the molecule is COc1cccc(N2CCN(C(=O)CSc3nccnc3Oc3ccccc3C)CC2)c1. The first kappa shape index (κ1) is 22.0. The zero-order valence-corrected chi connectivity index (χ0v) is 19.0. The molecule has 1 aromatic heterocycles. The molecule has 1 aliphatic heterocycles. The lowest BCUT2D eigenvalue weighted by atomic mass is 10.2. The van der Waals surface area contributed by atoms with Crippen molar-refractivity contribution in [1.82, 2.24) is 14.9 Å². The van der Waals surface area contributed by atoms with Gasteiger partial charge in [-0.25, -0.2) is 9.97 Å². The summed E-state index contributed by atoms with van der Waals surface area (Å²) in [6, 6.07) is 15.8. The van der Waals surface area contributed by atoms with Gasteiger partial charge < -0.3 is 19.3 Å². The van der Waals surface area contributed by atoms with Gasteiger partial charge in [0.1, 0.15) is 11.5 Å². The minimum atomic E-state index is 0.0905. The van der Waals surface area contributed by atoms with E-state index in [0.29, 0.717) is 29.7 Å². The number of anilines is 1. The summed E-state index contributed by atoms with van der Waals surface area (Å²) in [6.07, 6.45) is 3.21. The third-order valence-electron chi connectivity index (χ3n) is 5.32. The molecule has 0 aliphatic carbocycles. The van der Waals surface area contributed by atoms with Crippen molar-refractivity contribution >= 4 is 23.4 Å². The van der Waals surface area contributed by atoms with E-state index in [1.54, 1.807) is 19.5 Å². The van der Waals surface area contributed by atoms with Crippen LogP contribution < -0.4 is 14.4 Å². The van der Waals surface area contributed by atoms with Gasteiger partial charge in [-0.15, -0.1) is 0 Å². The molecule has 2 aromatic carbocycles. The van der Waals surface area contributed by atoms with Gasteiger partial charge in [-0.1, -0.05) is 36.0 Å². The number of piperazine rings is 1. The first-order chi connectivity index (χ1) is 15.6. The fraction of sp³-hybridized carbons (Fsp3) is 0.292. The molecule has 0 radical (unpaired) electrons. The second-order valence-electron chi connectivity index (χ2n) is 7.39. The molecule has 1 amide bonds. The molecule has 0 spiro atoms. The fourth-order valence-electron chi connectivity index (χ4n) is 3.50. The number of thioether (sulfide) groups is 1. The van der Waals surface area contributed by atoms with E-state index in [1.165, 1.54) is 11.8 Å².